The van der Waals surface area contributed by atoms with Gasteiger partial charge in [-0.15, -0.1) is 0 Å². The first-order valence-corrected chi connectivity index (χ1v) is 8.93. The number of nitrogens with one attached hydrogen (secondary N) is 1. The van der Waals surface area contributed by atoms with E-state index in [1.54, 1.807) is 17.0 Å². The van der Waals surface area contributed by atoms with Crippen molar-refractivity contribution in [3.8, 4) is 17.4 Å². The summed E-state index contributed by atoms with van der Waals surface area (Å²) >= 11 is 5.97. The fourth-order valence-electron chi connectivity index (χ4n) is 2.92. The number of hydrogen-bond donors (Lipinski definition) is 1. The Kier molecular flexibility index (Phi) is 5.01. The Morgan fingerprint density at radius 1 is 1.44 bits per heavy atom. The quantitative estimate of drug-likeness (QED) is 0.688. The predicted octanol–water partition coefficient (Wildman–Crippen LogP) is 2.12. The molecule has 1 aliphatic rings. The number of aryl methyl sites for hydroxylation is 1. The van der Waals surface area contributed by atoms with Crippen LogP contribution < -0.4 is 4.74 Å². The van der Waals surface area contributed by atoms with Gasteiger partial charge in [0, 0.05) is 30.8 Å². The first-order valence-electron chi connectivity index (χ1n) is 8.56. The lowest BCUT2D eigenvalue weighted by atomic mass is 10.3. The second kappa shape index (κ2) is 7.75. The molecule has 1 aliphatic heterocycles. The number of H-pyrrole nitrogens is 1. The van der Waals surface area contributed by atoms with Gasteiger partial charge < -0.3 is 14.2 Å². The van der Waals surface area contributed by atoms with E-state index in [2.05, 4.69) is 25.3 Å². The molecule has 1 N–H and O–H groups in total. The molecule has 0 unspecified atom stereocenters. The highest BCUT2D eigenvalue weighted by Crippen LogP contribution is 2.22. The molecule has 1 aromatic carbocycles. The molecule has 3 heterocycles. The summed E-state index contributed by atoms with van der Waals surface area (Å²) in [5, 5.41) is 10.9. The third-order valence-corrected chi connectivity index (χ3v) is 4.48. The molecule has 140 valence electrons. The van der Waals surface area contributed by atoms with E-state index in [0.29, 0.717) is 54.2 Å². The molecule has 9 nitrogen and oxygen atoms in total. The third kappa shape index (κ3) is 4.25. The Bertz CT molecular complexity index is 913. The van der Waals surface area contributed by atoms with Gasteiger partial charge in [0.15, 0.2) is 5.82 Å². The molecular formula is C17H17ClN6O3. The van der Waals surface area contributed by atoms with E-state index >= 15 is 0 Å². The average Bonchev–Trinajstić information content (AvgIpc) is 3.40. The maximum atomic E-state index is 12.4. The van der Waals surface area contributed by atoms with Crippen LogP contribution in [0, 0.1) is 0 Å². The summed E-state index contributed by atoms with van der Waals surface area (Å²) in [6.45, 7) is 1.22. The van der Waals surface area contributed by atoms with Crippen molar-refractivity contribution in [2.45, 2.75) is 25.4 Å². The molecule has 1 saturated heterocycles. The summed E-state index contributed by atoms with van der Waals surface area (Å²) in [7, 11) is 0. The maximum Gasteiger partial charge on any atom is 0.239 e. The van der Waals surface area contributed by atoms with Crippen LogP contribution in [-0.4, -0.2) is 55.3 Å². The van der Waals surface area contributed by atoms with E-state index in [-0.39, 0.29) is 12.0 Å². The van der Waals surface area contributed by atoms with Crippen LogP contribution in [0.3, 0.4) is 0 Å². The minimum atomic E-state index is -0.0334. The number of carbonyl (C=O) groups excluding carboxylic acids is 1. The number of benzene rings is 1. The van der Waals surface area contributed by atoms with Crippen molar-refractivity contribution < 1.29 is 14.1 Å². The van der Waals surface area contributed by atoms with Gasteiger partial charge in [-0.05, 0) is 18.2 Å². The molecule has 0 saturated carbocycles. The number of nitrogens with zero attached hydrogens (tertiary/aromatic N) is 5. The highest BCUT2D eigenvalue weighted by atomic mass is 35.5. The van der Waals surface area contributed by atoms with E-state index in [9.17, 15) is 4.79 Å². The fraction of sp³-hybridized carbons (Fsp3) is 0.353. The van der Waals surface area contributed by atoms with Gasteiger partial charge in [-0.3, -0.25) is 9.89 Å². The van der Waals surface area contributed by atoms with E-state index in [1.165, 1.54) is 6.33 Å². The molecule has 1 amide bonds. The highest BCUT2D eigenvalue weighted by Gasteiger charge is 2.27. The van der Waals surface area contributed by atoms with Crippen molar-refractivity contribution in [3.05, 3.63) is 41.5 Å². The molecular weight excluding hydrogens is 372 g/mol. The zero-order valence-corrected chi connectivity index (χ0v) is 15.1. The Hall–Kier alpha value is -2.94. The number of likely N-dealkylation sites (tertiary alicyclic amines) is 1. The van der Waals surface area contributed by atoms with Crippen molar-refractivity contribution in [2.24, 2.45) is 0 Å². The summed E-state index contributed by atoms with van der Waals surface area (Å²) in [5.41, 5.74) is 0. The van der Waals surface area contributed by atoms with Crippen LogP contribution in [0.1, 0.15) is 18.7 Å². The van der Waals surface area contributed by atoms with Crippen LogP contribution in [0.4, 0.5) is 0 Å². The van der Waals surface area contributed by atoms with E-state index < -0.39 is 0 Å². The Labute approximate surface area is 159 Å². The lowest BCUT2D eigenvalue weighted by molar-refractivity contribution is -0.130. The first-order chi connectivity index (χ1) is 13.2. The van der Waals surface area contributed by atoms with Gasteiger partial charge in [-0.2, -0.15) is 10.1 Å². The number of ether oxygens (including phenoxy) is 1. The summed E-state index contributed by atoms with van der Waals surface area (Å²) in [6, 6.07) is 7.27. The number of hydrogen-bond acceptors (Lipinski definition) is 7. The van der Waals surface area contributed by atoms with Gasteiger partial charge in [-0.1, -0.05) is 22.8 Å². The zero-order chi connectivity index (χ0) is 18.6. The first kappa shape index (κ1) is 17.5. The monoisotopic (exact) mass is 388 g/mol. The minimum absolute atomic E-state index is 0.0334. The summed E-state index contributed by atoms with van der Waals surface area (Å²) < 4.78 is 11.1. The van der Waals surface area contributed by atoms with Crippen LogP contribution in [0.5, 0.6) is 5.75 Å². The molecule has 0 bridgehead atoms. The van der Waals surface area contributed by atoms with Crippen molar-refractivity contribution in [1.29, 1.82) is 0 Å². The van der Waals surface area contributed by atoms with E-state index in [4.69, 9.17) is 20.9 Å². The SMILES string of the molecule is O=C(CCc1nc(-c2ncn[nH]2)no1)N1CC[C@H](Oc2cccc(Cl)c2)C1. The smallest absolute Gasteiger partial charge is 0.239 e. The maximum absolute atomic E-state index is 12.4. The molecule has 2 aromatic heterocycles. The Balaban J connectivity index is 1.27. The Morgan fingerprint density at radius 3 is 3.19 bits per heavy atom. The van der Waals surface area contributed by atoms with Crippen LogP contribution in [0.15, 0.2) is 35.1 Å². The van der Waals surface area contributed by atoms with Crippen LogP contribution in [-0.2, 0) is 11.2 Å². The lowest BCUT2D eigenvalue weighted by Crippen LogP contribution is -2.31. The minimum Gasteiger partial charge on any atom is -0.488 e. The number of aromatic nitrogens is 5. The van der Waals surface area contributed by atoms with Crippen molar-refractivity contribution >= 4 is 17.5 Å². The van der Waals surface area contributed by atoms with E-state index in [1.807, 2.05) is 12.1 Å². The van der Waals surface area contributed by atoms with Gasteiger partial charge in [0.1, 0.15) is 18.2 Å². The summed E-state index contributed by atoms with van der Waals surface area (Å²) in [6.07, 6.45) is 2.78. The summed E-state index contributed by atoms with van der Waals surface area (Å²) in [4.78, 5) is 22.4. The third-order valence-electron chi connectivity index (χ3n) is 4.24. The molecule has 10 heteroatoms. The van der Waals surface area contributed by atoms with Gasteiger partial charge in [0.25, 0.3) is 0 Å². The molecule has 1 fully saturated rings. The van der Waals surface area contributed by atoms with Crippen molar-refractivity contribution in [2.75, 3.05) is 13.1 Å². The average molecular weight is 389 g/mol. The van der Waals surface area contributed by atoms with Crippen LogP contribution >= 0.6 is 11.6 Å². The second-order valence-corrected chi connectivity index (χ2v) is 6.61. The topological polar surface area (TPSA) is 110 Å². The predicted molar refractivity (Wildman–Crippen MR) is 95.1 cm³/mol. The van der Waals surface area contributed by atoms with E-state index in [0.717, 1.165) is 6.42 Å². The number of aromatic amines is 1. The summed E-state index contributed by atoms with van der Waals surface area (Å²) in [5.74, 6) is 1.89. The molecule has 1 atom stereocenters. The lowest BCUT2D eigenvalue weighted by Gasteiger charge is -2.17. The number of carbonyl (C=O) groups is 1. The fourth-order valence-corrected chi connectivity index (χ4v) is 3.10. The number of amides is 1. The molecule has 0 radical (unpaired) electrons. The molecule has 0 spiro atoms. The van der Waals surface area contributed by atoms with Gasteiger partial charge >= 0.3 is 0 Å². The van der Waals surface area contributed by atoms with Crippen molar-refractivity contribution in [3.63, 3.8) is 0 Å². The van der Waals surface area contributed by atoms with Crippen LogP contribution in [0.2, 0.25) is 5.02 Å². The number of halogens is 1. The standard InChI is InChI=1S/C17H17ClN6O3/c18-11-2-1-3-12(8-11)26-13-6-7-24(9-13)15(25)5-4-14-21-17(23-27-14)16-19-10-20-22-16/h1-3,8,10,13H,4-7,9H2,(H,19,20,22)/t13-/m0/s1. The largest absolute Gasteiger partial charge is 0.488 e. The Morgan fingerprint density at radius 2 is 2.37 bits per heavy atom. The molecule has 0 aliphatic carbocycles. The van der Waals surface area contributed by atoms with Crippen LogP contribution in [0.25, 0.3) is 11.6 Å². The molecule has 3 aromatic rings. The normalized spacial score (nSPS) is 16.6. The van der Waals surface area contributed by atoms with Gasteiger partial charge in [0.05, 0.1) is 6.54 Å². The zero-order valence-electron chi connectivity index (χ0n) is 14.3. The highest BCUT2D eigenvalue weighted by molar-refractivity contribution is 6.30. The van der Waals surface area contributed by atoms with Crippen molar-refractivity contribution in [1.82, 2.24) is 30.2 Å². The van der Waals surface area contributed by atoms with Gasteiger partial charge in [0.2, 0.25) is 17.6 Å². The molecule has 27 heavy (non-hydrogen) atoms. The molecule has 4 rings (SSSR count). The second-order valence-electron chi connectivity index (χ2n) is 6.17. The number of rotatable bonds is 6. The van der Waals surface area contributed by atoms with Gasteiger partial charge in [-0.25, -0.2) is 4.98 Å².